The number of aliphatic imine (C=N–C) groups is 1. The zero-order valence-electron chi connectivity index (χ0n) is 51.2. The number of urea groups is 1. The zero-order valence-corrected chi connectivity index (χ0v) is 64.7. The quantitative estimate of drug-likeness (QED) is 0.0435. The van der Waals surface area contributed by atoms with Crippen molar-refractivity contribution in [1.82, 2.24) is 55.1 Å². The number of rotatable bonds is 5. The molecule has 0 bridgehead atoms. The average molecular weight is 1460 g/mol. The summed E-state index contributed by atoms with van der Waals surface area (Å²) in [7, 11) is 17.6. The molecular weight excluding hydrogens is 1370 g/mol. The van der Waals surface area contributed by atoms with E-state index in [0.717, 1.165) is 7.11 Å². The summed E-state index contributed by atoms with van der Waals surface area (Å²) in [5.74, 6) is 0.735. The average Bonchev–Trinajstić information content (AvgIpc) is 3.35. The van der Waals surface area contributed by atoms with Gasteiger partial charge in [-0.3, -0.25) is 10.1 Å². The van der Waals surface area contributed by atoms with E-state index in [4.69, 9.17) is 63.0 Å². The standard InChI is InChI=1S/C12H13ClN6O.C7H5NO.C6H6.C5H8ClN5.C3H2Cl2N4.C3H9N.C2H5NO.C2H7N.3C2H6.CH3O.CH4.3CH3.Na.3Y/c1-19(2)11-16-9(13)15-10(17-11)18-12(20)14-8-6-4-3-5-7-8;9-6-8-7-4-2-1-3-5-7;1-2-4-6-5-3-1;1-11(2)5-9-3(6)8-4(7)10-5;4-1-7-2(5)9-3(6)8-1;1-4(2)3;1-2(3)4;1-3-2;4*1-2;;;;;;;;/h3-7H,1-2H3,(H2,14,15,16,17,18,20);1-5H;1-6H;1-2H3,(H2,7,8,9,10);(H2,6,7,8,9);1-3H3;1H3,(H2,3,4);3H,1-2H3;3*1-2H3;1H3;1H4;3*1H3;;;;/q;;;;;;;;;;;-1;;3*-1;+1;;;. The number of nitrogens with one attached hydrogen (secondary N) is 3. The Hall–Kier alpha value is -2.64. The van der Waals surface area contributed by atoms with Crippen LogP contribution in [0.1, 0.15) is 55.9 Å². The topological polar surface area (TPSA) is 327 Å². The number of carbonyl (C=O) groups excluding carboxylic acids is 3. The number of hydrogen-bond donors (Lipinski definition) is 6. The number of para-hydroxylation sites is 2. The molecule has 3 aromatic heterocycles. The molecule has 0 aliphatic carbocycles. The maximum Gasteiger partial charge on any atom is 1.00 e. The van der Waals surface area contributed by atoms with Crippen LogP contribution in [0, 0.1) is 22.3 Å². The number of nitrogens with zero attached hydrogens (tertiary/aromatic N) is 13. The van der Waals surface area contributed by atoms with Crippen molar-refractivity contribution in [3.05, 3.63) is 140 Å². The molecule has 3 heterocycles. The van der Waals surface area contributed by atoms with E-state index in [-0.39, 0.29) is 202 Å². The van der Waals surface area contributed by atoms with Gasteiger partial charge in [0, 0.05) is 139 Å². The van der Waals surface area contributed by atoms with Crippen molar-refractivity contribution in [2.24, 2.45) is 10.7 Å². The predicted octanol–water partition coefficient (Wildman–Crippen LogP) is 7.05. The van der Waals surface area contributed by atoms with E-state index in [1.54, 1.807) is 62.3 Å². The van der Waals surface area contributed by atoms with E-state index >= 15 is 0 Å². The number of primary amides is 1. The van der Waals surface area contributed by atoms with E-state index in [1.807, 2.05) is 154 Å². The van der Waals surface area contributed by atoms with Crippen molar-refractivity contribution in [3.63, 3.8) is 0 Å². The summed E-state index contributed by atoms with van der Waals surface area (Å²) in [5, 5.41) is 16.3. The fourth-order valence-corrected chi connectivity index (χ4v) is 3.91. The number of anilines is 6. The molecule has 0 saturated carbocycles. The fraction of sp³-hybridized carbons (Fsp3) is 0.353. The van der Waals surface area contributed by atoms with Crippen molar-refractivity contribution in [2.75, 3.05) is 102 Å². The second-order valence-electron chi connectivity index (χ2n) is 12.6. The van der Waals surface area contributed by atoms with E-state index in [9.17, 15) is 14.4 Å². The van der Waals surface area contributed by atoms with Gasteiger partial charge in [0.2, 0.25) is 62.9 Å². The van der Waals surface area contributed by atoms with Crippen molar-refractivity contribution in [3.8, 4) is 0 Å². The molecule has 0 saturated heterocycles. The van der Waals surface area contributed by atoms with Crippen LogP contribution in [0.15, 0.2) is 102 Å². The number of amides is 3. The number of nitrogens with two attached hydrogens (primary N) is 3. The second kappa shape index (κ2) is 82.6. The van der Waals surface area contributed by atoms with Crippen molar-refractivity contribution in [1.29, 1.82) is 0 Å². The Bertz CT molecular complexity index is 2200. The number of halogens is 4. The molecule has 6 aromatic rings. The van der Waals surface area contributed by atoms with Crippen molar-refractivity contribution in [2.45, 2.75) is 55.9 Å². The molecule has 9 N–H and O–H groups in total. The van der Waals surface area contributed by atoms with Crippen molar-refractivity contribution >= 4 is 106 Å². The Morgan fingerprint density at radius 2 is 0.805 bits per heavy atom. The predicted molar refractivity (Wildman–Crippen MR) is 332 cm³/mol. The van der Waals surface area contributed by atoms with Crippen LogP contribution < -0.4 is 77.6 Å². The van der Waals surface area contributed by atoms with Crippen LogP contribution in [0.5, 0.6) is 0 Å². The molecule has 0 fully saturated rings. The van der Waals surface area contributed by atoms with Gasteiger partial charge >= 0.3 is 35.6 Å². The first-order chi connectivity index (χ1) is 35.1. The summed E-state index contributed by atoms with van der Waals surface area (Å²) >= 11 is 21.9. The number of benzene rings is 3. The Morgan fingerprint density at radius 3 is 1.10 bits per heavy atom. The van der Waals surface area contributed by atoms with Gasteiger partial charge in [-0.05, 0) is 106 Å². The number of nitrogen functional groups attached to an aromatic ring is 2. The normalized spacial score (nSPS) is 7.50. The summed E-state index contributed by atoms with van der Waals surface area (Å²) in [4.78, 5) is 73.0. The molecule has 31 heteroatoms. The molecule has 3 radical (unpaired) electrons. The first-order valence-corrected chi connectivity index (χ1v) is 23.5. The third-order valence-corrected chi connectivity index (χ3v) is 6.14. The number of hydrogen-bond acceptors (Lipinski definition) is 20. The van der Waals surface area contributed by atoms with Crippen LogP contribution in [0.4, 0.5) is 45.9 Å². The second-order valence-corrected chi connectivity index (χ2v) is 14.0. The molecule has 23 nitrogen and oxygen atoms in total. The summed E-state index contributed by atoms with van der Waals surface area (Å²) < 4.78 is 0. The van der Waals surface area contributed by atoms with Gasteiger partial charge in [-0.25, -0.2) is 9.59 Å². The molecule has 3 aromatic carbocycles. The summed E-state index contributed by atoms with van der Waals surface area (Å²) in [6, 6.07) is 29.6. The zero-order chi connectivity index (χ0) is 58.5. The van der Waals surface area contributed by atoms with E-state index in [2.05, 4.69) is 71.5 Å². The minimum Gasteiger partial charge on any atom is -0.857 e. The van der Waals surface area contributed by atoms with Gasteiger partial charge in [-0.15, -0.1) is 0 Å². The third kappa shape index (κ3) is 81.6. The Balaban J connectivity index is -0.0000000550. The first-order valence-electron chi connectivity index (χ1n) is 22.0. The van der Waals surface area contributed by atoms with Gasteiger partial charge in [-0.2, -0.15) is 57.0 Å². The SMILES string of the molecule is C.CC.CC.CC.CC(N)=O.CN(C)C.CN(C)c1nc(Cl)nc(NC(=O)Nc2ccccc2)n1.CN(C)c1nc(N)nc(Cl)n1.CNC.C[O-].Nc1nc(Cl)nc(Cl)n1.O=C=Nc1ccccc1.[CH3-].[CH3-].[CH3-].[Na+].[Y].[Y].[Y].c1ccccc1. The number of isocyanates is 1. The fourth-order valence-electron chi connectivity index (χ4n) is 3.22. The summed E-state index contributed by atoms with van der Waals surface area (Å²) in [5.41, 5.74) is 16.2. The van der Waals surface area contributed by atoms with Crippen LogP contribution in [0.3, 0.4) is 0 Å². The third-order valence-electron chi connectivity index (χ3n) is 5.46. The van der Waals surface area contributed by atoms with Crippen LogP contribution >= 0.6 is 46.4 Å². The molecule has 82 heavy (non-hydrogen) atoms. The molecular formula is C51H89Cl4N19NaO4Y3-3. The van der Waals surface area contributed by atoms with Crippen LogP contribution in [0.25, 0.3) is 0 Å². The van der Waals surface area contributed by atoms with E-state index in [1.165, 1.54) is 13.0 Å². The monoisotopic (exact) mass is 1460 g/mol. The number of carbonyl (C=O) groups is 2. The van der Waals surface area contributed by atoms with Gasteiger partial charge in [0.1, 0.15) is 0 Å². The van der Waals surface area contributed by atoms with Crippen LogP contribution in [-0.2, 0) is 108 Å². The van der Waals surface area contributed by atoms with Gasteiger partial charge in [0.15, 0.2) is 0 Å². The molecule has 3 amide bonds. The summed E-state index contributed by atoms with van der Waals surface area (Å²) in [6.45, 7) is 13.3. The van der Waals surface area contributed by atoms with E-state index in [0.29, 0.717) is 23.3 Å². The molecule has 0 atom stereocenters. The molecule has 0 aliphatic heterocycles. The molecule has 6 rings (SSSR count). The maximum absolute atomic E-state index is 11.8. The Labute approximate surface area is 609 Å². The maximum atomic E-state index is 11.8. The van der Waals surface area contributed by atoms with Crippen LogP contribution in [-0.4, -0.2) is 138 Å². The molecule has 0 unspecified atom stereocenters. The van der Waals surface area contributed by atoms with Gasteiger partial charge in [0.25, 0.3) is 0 Å². The molecule has 453 valence electrons. The molecule has 0 spiro atoms. The Morgan fingerprint density at radius 1 is 0.537 bits per heavy atom. The van der Waals surface area contributed by atoms with Crippen molar-refractivity contribution < 1.29 is 147 Å². The largest absolute Gasteiger partial charge is 1.00 e. The Kier molecular flexibility index (Phi) is 115. The minimum absolute atomic E-state index is 0. The molecule has 0 aliphatic rings. The number of aromatic nitrogens is 9. The van der Waals surface area contributed by atoms with Gasteiger partial charge < -0.3 is 69.9 Å². The smallest absolute Gasteiger partial charge is 0.857 e. The first kappa shape index (κ1) is 114. The summed E-state index contributed by atoms with van der Waals surface area (Å²) in [6.07, 6.45) is 1.46. The van der Waals surface area contributed by atoms with Crippen LogP contribution in [0.2, 0.25) is 21.1 Å². The van der Waals surface area contributed by atoms with E-state index < -0.39 is 6.03 Å². The van der Waals surface area contributed by atoms with Gasteiger partial charge in [-0.1, -0.05) is 122 Å². The van der Waals surface area contributed by atoms with Gasteiger partial charge in [0.05, 0.1) is 5.69 Å². The minimum atomic E-state index is -0.455.